The zero-order chi connectivity index (χ0) is 15.1. The summed E-state index contributed by atoms with van der Waals surface area (Å²) in [7, 11) is 1.71. The van der Waals surface area contributed by atoms with Crippen LogP contribution in [0.4, 0.5) is 0 Å². The number of fused-ring (bicyclic) bond motifs is 1. The first-order chi connectivity index (χ1) is 9.97. The zero-order valence-electron chi connectivity index (χ0n) is 10.7. The predicted octanol–water partition coefficient (Wildman–Crippen LogP) is 2.60. The Morgan fingerprint density at radius 1 is 1.43 bits per heavy atom. The van der Waals surface area contributed by atoms with Crippen LogP contribution in [0.3, 0.4) is 0 Å². The maximum atomic E-state index is 12.3. The van der Waals surface area contributed by atoms with Crippen LogP contribution in [0.5, 0.6) is 0 Å². The van der Waals surface area contributed by atoms with E-state index in [-0.39, 0.29) is 17.9 Å². The van der Waals surface area contributed by atoms with Crippen LogP contribution in [0.1, 0.15) is 10.4 Å². The second kappa shape index (κ2) is 5.47. The minimum absolute atomic E-state index is 0.0571. The summed E-state index contributed by atoms with van der Waals surface area (Å²) in [6.45, 7) is -0.0571. The summed E-state index contributed by atoms with van der Waals surface area (Å²) in [6.07, 6.45) is 2.84. The quantitative estimate of drug-likeness (QED) is 0.597. The molecule has 6 nitrogen and oxygen atoms in total. The molecular weight excluding hydrogens is 424 g/mol. The predicted molar refractivity (Wildman–Crippen MR) is 86.8 cm³/mol. The molecular formula is C12H8Br2N4O2S. The molecule has 0 aliphatic rings. The first kappa shape index (κ1) is 14.6. The maximum absolute atomic E-state index is 12.3. The van der Waals surface area contributed by atoms with Crippen molar-refractivity contribution >= 4 is 60.0 Å². The number of thiophene rings is 1. The summed E-state index contributed by atoms with van der Waals surface area (Å²) in [5.41, 5.74) is 0.778. The van der Waals surface area contributed by atoms with E-state index in [2.05, 4.69) is 41.9 Å². The van der Waals surface area contributed by atoms with Crippen LogP contribution < -0.4 is 5.56 Å². The van der Waals surface area contributed by atoms with Crippen molar-refractivity contribution in [2.75, 3.05) is 0 Å². The van der Waals surface area contributed by atoms with Gasteiger partial charge in [-0.3, -0.25) is 18.8 Å². The molecule has 0 spiro atoms. The number of halogens is 2. The molecule has 0 unspecified atom stereocenters. The van der Waals surface area contributed by atoms with Crippen molar-refractivity contribution in [2.24, 2.45) is 7.05 Å². The highest BCUT2D eigenvalue weighted by molar-refractivity contribution is 9.12. The van der Waals surface area contributed by atoms with Crippen LogP contribution in [0.15, 0.2) is 31.0 Å². The monoisotopic (exact) mass is 430 g/mol. The Bertz CT molecular complexity index is 912. The lowest BCUT2D eigenvalue weighted by molar-refractivity contribution is 0.0970. The number of Topliss-reactive ketones (excluding diaryl/α,β-unsaturated/α-hetero) is 1. The molecule has 0 amide bonds. The highest BCUT2D eigenvalue weighted by atomic mass is 79.9. The summed E-state index contributed by atoms with van der Waals surface area (Å²) in [5.74, 6) is -0.157. The molecule has 0 bridgehead atoms. The first-order valence-corrected chi connectivity index (χ1v) is 8.23. The van der Waals surface area contributed by atoms with Crippen LogP contribution in [0.2, 0.25) is 0 Å². The number of rotatable bonds is 3. The fraction of sp³-hybridized carbons (Fsp3) is 0.167. The lowest BCUT2D eigenvalue weighted by atomic mass is 10.2. The maximum Gasteiger partial charge on any atom is 0.264 e. The Morgan fingerprint density at radius 2 is 2.19 bits per heavy atom. The van der Waals surface area contributed by atoms with Crippen molar-refractivity contribution in [3.05, 3.63) is 42.1 Å². The van der Waals surface area contributed by atoms with E-state index in [1.807, 2.05) is 0 Å². The number of ketones is 1. The third kappa shape index (κ3) is 2.60. The van der Waals surface area contributed by atoms with Crippen molar-refractivity contribution in [3.63, 3.8) is 0 Å². The molecule has 3 rings (SSSR count). The van der Waals surface area contributed by atoms with E-state index in [4.69, 9.17) is 0 Å². The van der Waals surface area contributed by atoms with Crippen molar-refractivity contribution in [1.82, 2.24) is 19.3 Å². The number of aryl methyl sites for hydroxylation is 1. The van der Waals surface area contributed by atoms with E-state index in [0.717, 1.165) is 7.57 Å². The summed E-state index contributed by atoms with van der Waals surface area (Å²) in [4.78, 5) is 28.8. The third-order valence-corrected chi connectivity index (χ3v) is 5.33. The average Bonchev–Trinajstić information content (AvgIpc) is 2.96. The van der Waals surface area contributed by atoms with Gasteiger partial charge in [0.15, 0.2) is 11.4 Å². The molecule has 0 fully saturated rings. The molecule has 0 aliphatic heterocycles. The topological polar surface area (TPSA) is 69.8 Å². The lowest BCUT2D eigenvalue weighted by Gasteiger charge is -2.04. The third-order valence-electron chi connectivity index (χ3n) is 2.99. The Kier molecular flexibility index (Phi) is 3.80. The molecule has 0 saturated heterocycles. The number of carbonyl (C=O) groups is 1. The smallest absolute Gasteiger partial charge is 0.264 e. The van der Waals surface area contributed by atoms with Gasteiger partial charge in [0.1, 0.15) is 11.7 Å². The van der Waals surface area contributed by atoms with Crippen molar-refractivity contribution in [2.45, 2.75) is 6.54 Å². The highest BCUT2D eigenvalue weighted by Gasteiger charge is 2.16. The van der Waals surface area contributed by atoms with E-state index in [1.165, 1.54) is 33.1 Å². The van der Waals surface area contributed by atoms with E-state index < -0.39 is 0 Å². The van der Waals surface area contributed by atoms with Gasteiger partial charge in [-0.05, 0) is 37.9 Å². The van der Waals surface area contributed by atoms with Gasteiger partial charge in [0.2, 0.25) is 0 Å². The largest absolute Gasteiger partial charge is 0.292 e. The molecule has 3 heterocycles. The number of nitrogens with zero attached hydrogens (tertiary/aromatic N) is 4. The minimum Gasteiger partial charge on any atom is -0.292 e. The van der Waals surface area contributed by atoms with E-state index in [1.54, 1.807) is 13.1 Å². The Hall–Kier alpha value is -1.32. The molecule has 3 aromatic rings. The van der Waals surface area contributed by atoms with Gasteiger partial charge in [0, 0.05) is 12.6 Å². The summed E-state index contributed by atoms with van der Waals surface area (Å²) >= 11 is 8.09. The molecule has 21 heavy (non-hydrogen) atoms. The SMILES string of the molecule is Cn1ncc2c(=O)n(CC(=O)c3cc(Br)sc3Br)cnc21. The van der Waals surface area contributed by atoms with E-state index in [0.29, 0.717) is 16.6 Å². The molecule has 0 aromatic carbocycles. The molecule has 9 heteroatoms. The molecule has 0 radical (unpaired) electrons. The molecule has 0 aliphatic carbocycles. The molecule has 0 atom stereocenters. The summed E-state index contributed by atoms with van der Waals surface area (Å²) < 4.78 is 4.41. The number of aromatic nitrogens is 4. The van der Waals surface area contributed by atoms with Gasteiger partial charge in [0.25, 0.3) is 5.56 Å². The van der Waals surface area contributed by atoms with Crippen LogP contribution >= 0.6 is 43.2 Å². The van der Waals surface area contributed by atoms with Gasteiger partial charge in [-0.1, -0.05) is 0 Å². The standard InChI is InChI=1S/C12H8Br2N4O2S/c1-17-11-7(3-16-17)12(20)18(5-15-11)4-8(19)6-2-9(13)21-10(6)14/h2-3,5H,4H2,1H3. The Morgan fingerprint density at radius 3 is 2.86 bits per heavy atom. The van der Waals surface area contributed by atoms with Crippen molar-refractivity contribution in [1.29, 1.82) is 0 Å². The van der Waals surface area contributed by atoms with Crippen LogP contribution in [0.25, 0.3) is 11.0 Å². The second-order valence-corrected chi connectivity index (χ2v) is 8.09. The van der Waals surface area contributed by atoms with Crippen LogP contribution in [-0.2, 0) is 13.6 Å². The van der Waals surface area contributed by atoms with Gasteiger partial charge in [0.05, 0.1) is 20.3 Å². The van der Waals surface area contributed by atoms with Gasteiger partial charge >= 0.3 is 0 Å². The van der Waals surface area contributed by atoms with Crippen LogP contribution in [-0.4, -0.2) is 25.1 Å². The van der Waals surface area contributed by atoms with Gasteiger partial charge in [-0.25, -0.2) is 4.98 Å². The Balaban J connectivity index is 1.98. The lowest BCUT2D eigenvalue weighted by Crippen LogP contribution is -2.24. The van der Waals surface area contributed by atoms with Gasteiger partial charge in [-0.2, -0.15) is 5.10 Å². The van der Waals surface area contributed by atoms with Crippen molar-refractivity contribution < 1.29 is 4.79 Å². The minimum atomic E-state index is -0.271. The molecule has 108 valence electrons. The Labute approximate surface area is 139 Å². The normalized spacial score (nSPS) is 11.2. The van der Waals surface area contributed by atoms with E-state index in [9.17, 15) is 9.59 Å². The molecule has 0 N–H and O–H groups in total. The number of hydrogen-bond donors (Lipinski definition) is 0. The average molecular weight is 432 g/mol. The van der Waals surface area contributed by atoms with Gasteiger partial charge < -0.3 is 0 Å². The van der Waals surface area contributed by atoms with E-state index >= 15 is 0 Å². The second-order valence-electron chi connectivity index (χ2n) is 4.34. The van der Waals surface area contributed by atoms with Gasteiger partial charge in [-0.15, -0.1) is 11.3 Å². The molecule has 0 saturated carbocycles. The highest BCUT2D eigenvalue weighted by Crippen LogP contribution is 2.32. The zero-order valence-corrected chi connectivity index (χ0v) is 14.7. The van der Waals surface area contributed by atoms with Crippen LogP contribution in [0, 0.1) is 0 Å². The summed E-state index contributed by atoms with van der Waals surface area (Å²) in [5, 5.41) is 4.40. The fourth-order valence-corrected chi connectivity index (χ4v) is 4.81. The first-order valence-electron chi connectivity index (χ1n) is 5.82. The number of hydrogen-bond acceptors (Lipinski definition) is 5. The number of carbonyl (C=O) groups excluding carboxylic acids is 1. The fourth-order valence-electron chi connectivity index (χ4n) is 1.95. The summed E-state index contributed by atoms with van der Waals surface area (Å²) in [6, 6.07) is 1.73. The van der Waals surface area contributed by atoms with Crippen molar-refractivity contribution in [3.8, 4) is 0 Å². The molecule has 3 aromatic heterocycles.